The molecule has 1 amide bonds. The topological polar surface area (TPSA) is 32.3 Å². The summed E-state index contributed by atoms with van der Waals surface area (Å²) in [5, 5.41) is 3.79. The average molecular weight is 336 g/mol. The van der Waals surface area contributed by atoms with Crippen molar-refractivity contribution in [3.05, 3.63) is 39.4 Å². The van der Waals surface area contributed by atoms with Gasteiger partial charge in [0, 0.05) is 6.54 Å². The van der Waals surface area contributed by atoms with Crippen LogP contribution in [0.2, 0.25) is 15.1 Å². The molecule has 1 aromatic rings. The molecule has 0 bridgehead atoms. The molecule has 1 N–H and O–H groups in total. The minimum atomic E-state index is -0.159. The first-order chi connectivity index (χ1) is 9.33. The SMILES string of the molecule is C=C(C)CN(CC)CC(=O)Nc1cc(Cl)c(Cl)cc1Cl. The summed E-state index contributed by atoms with van der Waals surface area (Å²) in [6.45, 7) is 9.46. The summed E-state index contributed by atoms with van der Waals surface area (Å²) in [6.07, 6.45) is 0. The number of nitrogens with zero attached hydrogens (tertiary/aromatic N) is 1. The highest BCUT2D eigenvalue weighted by Gasteiger charge is 2.12. The van der Waals surface area contributed by atoms with Gasteiger partial charge in [0.1, 0.15) is 0 Å². The van der Waals surface area contributed by atoms with Crippen LogP contribution in [0.4, 0.5) is 5.69 Å². The zero-order chi connectivity index (χ0) is 15.3. The molecule has 0 saturated carbocycles. The third kappa shape index (κ3) is 5.33. The molecule has 20 heavy (non-hydrogen) atoms. The van der Waals surface area contributed by atoms with Crippen molar-refractivity contribution < 1.29 is 4.79 Å². The van der Waals surface area contributed by atoms with Gasteiger partial charge in [-0.1, -0.05) is 53.9 Å². The van der Waals surface area contributed by atoms with Crippen LogP contribution in [-0.4, -0.2) is 30.4 Å². The van der Waals surface area contributed by atoms with E-state index in [9.17, 15) is 4.79 Å². The fourth-order valence-electron chi connectivity index (χ4n) is 1.67. The minimum absolute atomic E-state index is 0.159. The van der Waals surface area contributed by atoms with Crippen LogP contribution in [0.25, 0.3) is 0 Å². The van der Waals surface area contributed by atoms with Gasteiger partial charge < -0.3 is 5.32 Å². The molecule has 3 nitrogen and oxygen atoms in total. The summed E-state index contributed by atoms with van der Waals surface area (Å²) in [5.41, 5.74) is 1.46. The highest BCUT2D eigenvalue weighted by atomic mass is 35.5. The molecule has 0 aliphatic heterocycles. The standard InChI is InChI=1S/C14H17Cl3N2O/c1-4-19(7-9(2)3)8-14(20)18-13-6-11(16)10(15)5-12(13)17/h5-6H,2,4,7-8H2,1,3H3,(H,18,20). The van der Waals surface area contributed by atoms with E-state index in [1.807, 2.05) is 18.7 Å². The third-order valence-electron chi connectivity index (χ3n) is 2.59. The van der Waals surface area contributed by atoms with E-state index >= 15 is 0 Å². The van der Waals surface area contributed by atoms with Gasteiger partial charge in [0.25, 0.3) is 0 Å². The first-order valence-corrected chi connectivity index (χ1v) is 7.28. The summed E-state index contributed by atoms with van der Waals surface area (Å²) < 4.78 is 0. The van der Waals surface area contributed by atoms with Crippen LogP contribution >= 0.6 is 34.8 Å². The van der Waals surface area contributed by atoms with Gasteiger partial charge in [-0.2, -0.15) is 0 Å². The monoisotopic (exact) mass is 334 g/mol. The Morgan fingerprint density at radius 3 is 2.35 bits per heavy atom. The van der Waals surface area contributed by atoms with E-state index in [4.69, 9.17) is 34.8 Å². The number of rotatable bonds is 6. The maximum Gasteiger partial charge on any atom is 0.238 e. The molecular formula is C14H17Cl3N2O. The van der Waals surface area contributed by atoms with Crippen LogP contribution in [-0.2, 0) is 4.79 Å². The molecule has 1 aromatic carbocycles. The van der Waals surface area contributed by atoms with E-state index in [1.165, 1.54) is 6.07 Å². The van der Waals surface area contributed by atoms with Gasteiger partial charge in [0.15, 0.2) is 0 Å². The smallest absolute Gasteiger partial charge is 0.238 e. The first kappa shape index (κ1) is 17.3. The molecule has 0 fully saturated rings. The molecule has 0 unspecified atom stereocenters. The molecule has 0 saturated heterocycles. The highest BCUT2D eigenvalue weighted by Crippen LogP contribution is 2.32. The number of halogens is 3. The fourth-order valence-corrected chi connectivity index (χ4v) is 2.27. The lowest BCUT2D eigenvalue weighted by Gasteiger charge is -2.20. The summed E-state index contributed by atoms with van der Waals surface area (Å²) in [5.74, 6) is -0.159. The maximum absolute atomic E-state index is 12.0. The number of benzene rings is 1. The number of amides is 1. The van der Waals surface area contributed by atoms with Gasteiger partial charge in [-0.3, -0.25) is 9.69 Å². The van der Waals surface area contributed by atoms with Crippen molar-refractivity contribution in [2.45, 2.75) is 13.8 Å². The summed E-state index contributed by atoms with van der Waals surface area (Å²) in [4.78, 5) is 14.0. The van der Waals surface area contributed by atoms with E-state index in [2.05, 4.69) is 11.9 Å². The molecule has 0 aliphatic carbocycles. The molecule has 0 atom stereocenters. The summed E-state index contributed by atoms with van der Waals surface area (Å²) >= 11 is 17.8. The zero-order valence-electron chi connectivity index (χ0n) is 11.5. The van der Waals surface area contributed by atoms with Crippen molar-refractivity contribution in [3.63, 3.8) is 0 Å². The number of carbonyl (C=O) groups excluding carboxylic acids is 1. The number of likely N-dealkylation sites (N-methyl/N-ethyl adjacent to an activating group) is 1. The fraction of sp³-hybridized carbons (Fsp3) is 0.357. The molecule has 0 aromatic heterocycles. The van der Waals surface area contributed by atoms with E-state index in [0.717, 1.165) is 12.1 Å². The molecule has 1 rings (SSSR count). The van der Waals surface area contributed by atoms with Crippen LogP contribution in [0.1, 0.15) is 13.8 Å². The van der Waals surface area contributed by atoms with Gasteiger partial charge in [-0.25, -0.2) is 0 Å². The van der Waals surface area contributed by atoms with Crippen molar-refractivity contribution in [3.8, 4) is 0 Å². The van der Waals surface area contributed by atoms with Crippen LogP contribution in [0.3, 0.4) is 0 Å². The van der Waals surface area contributed by atoms with Gasteiger partial charge in [0.2, 0.25) is 5.91 Å². The molecule has 0 radical (unpaired) electrons. The van der Waals surface area contributed by atoms with Gasteiger partial charge in [-0.05, 0) is 25.6 Å². The third-order valence-corrected chi connectivity index (χ3v) is 3.63. The van der Waals surface area contributed by atoms with Crippen molar-refractivity contribution >= 4 is 46.4 Å². The van der Waals surface area contributed by atoms with Crippen LogP contribution in [0, 0.1) is 0 Å². The number of hydrogen-bond donors (Lipinski definition) is 1. The number of hydrogen-bond acceptors (Lipinski definition) is 2. The highest BCUT2D eigenvalue weighted by molar-refractivity contribution is 6.44. The minimum Gasteiger partial charge on any atom is -0.324 e. The van der Waals surface area contributed by atoms with Crippen molar-refractivity contribution in [2.24, 2.45) is 0 Å². The lowest BCUT2D eigenvalue weighted by Crippen LogP contribution is -2.34. The van der Waals surface area contributed by atoms with Gasteiger partial charge in [0.05, 0.1) is 27.3 Å². The Morgan fingerprint density at radius 2 is 1.80 bits per heavy atom. The molecular weight excluding hydrogens is 319 g/mol. The normalized spacial score (nSPS) is 10.7. The predicted molar refractivity (Wildman–Crippen MR) is 87.0 cm³/mol. The summed E-state index contributed by atoms with van der Waals surface area (Å²) in [6, 6.07) is 3.05. The second kappa shape index (κ2) is 7.89. The summed E-state index contributed by atoms with van der Waals surface area (Å²) in [7, 11) is 0. The number of nitrogens with one attached hydrogen (secondary N) is 1. The number of carbonyl (C=O) groups is 1. The van der Waals surface area contributed by atoms with E-state index in [0.29, 0.717) is 27.3 Å². The zero-order valence-corrected chi connectivity index (χ0v) is 13.7. The van der Waals surface area contributed by atoms with Gasteiger partial charge >= 0.3 is 0 Å². The predicted octanol–water partition coefficient (Wildman–Crippen LogP) is 4.48. The van der Waals surface area contributed by atoms with Crippen molar-refractivity contribution in [2.75, 3.05) is 25.0 Å². The first-order valence-electron chi connectivity index (χ1n) is 6.14. The lowest BCUT2D eigenvalue weighted by atomic mass is 10.3. The lowest BCUT2D eigenvalue weighted by molar-refractivity contribution is -0.117. The van der Waals surface area contributed by atoms with E-state index in [1.54, 1.807) is 6.07 Å². The quantitative estimate of drug-likeness (QED) is 0.614. The average Bonchev–Trinajstić information content (AvgIpc) is 2.34. The largest absolute Gasteiger partial charge is 0.324 e. The molecule has 6 heteroatoms. The Balaban J connectivity index is 2.71. The Bertz CT molecular complexity index is 517. The Hall–Kier alpha value is -0.740. The molecule has 0 heterocycles. The van der Waals surface area contributed by atoms with Crippen molar-refractivity contribution in [1.29, 1.82) is 0 Å². The second-order valence-corrected chi connectivity index (χ2v) is 5.78. The van der Waals surface area contributed by atoms with E-state index < -0.39 is 0 Å². The van der Waals surface area contributed by atoms with Crippen LogP contribution < -0.4 is 5.32 Å². The Kier molecular flexibility index (Phi) is 6.83. The number of anilines is 1. The molecule has 110 valence electrons. The van der Waals surface area contributed by atoms with Gasteiger partial charge in [-0.15, -0.1) is 0 Å². The molecule has 0 spiro atoms. The Morgan fingerprint density at radius 1 is 1.20 bits per heavy atom. The van der Waals surface area contributed by atoms with Crippen LogP contribution in [0.15, 0.2) is 24.3 Å². The van der Waals surface area contributed by atoms with E-state index in [-0.39, 0.29) is 12.5 Å². The van der Waals surface area contributed by atoms with Crippen molar-refractivity contribution in [1.82, 2.24) is 4.90 Å². The van der Waals surface area contributed by atoms with Crippen LogP contribution in [0.5, 0.6) is 0 Å². The second-order valence-electron chi connectivity index (χ2n) is 4.55. The molecule has 0 aliphatic rings. The maximum atomic E-state index is 12.0. The Labute approximate surface area is 134 Å².